The van der Waals surface area contributed by atoms with E-state index in [4.69, 9.17) is 14.9 Å². The highest BCUT2D eigenvalue weighted by atomic mass is 16.5. The van der Waals surface area contributed by atoms with Crippen molar-refractivity contribution in [2.24, 2.45) is 5.73 Å². The van der Waals surface area contributed by atoms with Gasteiger partial charge < -0.3 is 14.9 Å². The lowest BCUT2D eigenvalue weighted by molar-refractivity contribution is 0.396. The fraction of sp³-hybridized carbons (Fsp3) is 0.467. The minimum Gasteiger partial charge on any atom is -0.496 e. The third kappa shape index (κ3) is 2.67. The second kappa shape index (κ2) is 5.25. The minimum atomic E-state index is -0.0389. The summed E-state index contributed by atoms with van der Waals surface area (Å²) in [6, 6.07) is 4.12. The lowest BCUT2D eigenvalue weighted by Crippen LogP contribution is -2.13. The van der Waals surface area contributed by atoms with Crippen LogP contribution in [0.5, 0.6) is 5.75 Å². The van der Waals surface area contributed by atoms with Crippen LogP contribution in [0.1, 0.15) is 37.8 Å². The molecule has 0 saturated carbocycles. The largest absolute Gasteiger partial charge is 0.496 e. The van der Waals surface area contributed by atoms with Gasteiger partial charge in [-0.15, -0.1) is 10.2 Å². The Morgan fingerprint density at radius 3 is 2.45 bits per heavy atom. The highest BCUT2D eigenvalue weighted by Crippen LogP contribution is 2.39. The van der Waals surface area contributed by atoms with Crippen molar-refractivity contribution >= 4 is 0 Å². The number of aromatic nitrogens is 2. The van der Waals surface area contributed by atoms with Crippen LogP contribution in [0.3, 0.4) is 0 Å². The molecule has 0 aliphatic carbocycles. The van der Waals surface area contributed by atoms with Crippen LogP contribution in [0.15, 0.2) is 16.5 Å². The Hall–Kier alpha value is -1.88. The molecule has 0 aliphatic rings. The van der Waals surface area contributed by atoms with E-state index in [1.807, 2.05) is 13.0 Å². The van der Waals surface area contributed by atoms with Gasteiger partial charge in [-0.3, -0.25) is 0 Å². The van der Waals surface area contributed by atoms with Gasteiger partial charge in [0.2, 0.25) is 5.89 Å². The highest BCUT2D eigenvalue weighted by Gasteiger charge is 2.24. The average Bonchev–Trinajstić information content (AvgIpc) is 2.85. The van der Waals surface area contributed by atoms with E-state index in [2.05, 4.69) is 37.0 Å². The molecule has 5 heteroatoms. The van der Waals surface area contributed by atoms with E-state index in [-0.39, 0.29) is 12.0 Å². The van der Waals surface area contributed by atoms with E-state index in [0.29, 0.717) is 11.8 Å². The van der Waals surface area contributed by atoms with Crippen LogP contribution in [0.4, 0.5) is 0 Å². The third-order valence-electron chi connectivity index (χ3n) is 3.12. The monoisotopic (exact) mass is 275 g/mol. The molecule has 0 amide bonds. The lowest BCUT2D eigenvalue weighted by atomic mass is 9.84. The quantitative estimate of drug-likeness (QED) is 0.932. The summed E-state index contributed by atoms with van der Waals surface area (Å²) in [5.41, 5.74) is 8.52. The van der Waals surface area contributed by atoms with Gasteiger partial charge in [0.05, 0.1) is 19.2 Å². The van der Waals surface area contributed by atoms with Crippen LogP contribution in [-0.2, 0) is 12.0 Å². The maximum atomic E-state index is 5.60. The first kappa shape index (κ1) is 14.5. The zero-order valence-electron chi connectivity index (χ0n) is 12.7. The van der Waals surface area contributed by atoms with Crippen LogP contribution in [0.25, 0.3) is 11.5 Å². The first-order chi connectivity index (χ1) is 9.36. The predicted octanol–water partition coefficient (Wildman–Crippen LogP) is 2.81. The van der Waals surface area contributed by atoms with Crippen molar-refractivity contribution in [1.29, 1.82) is 0 Å². The van der Waals surface area contributed by atoms with Gasteiger partial charge in [0.15, 0.2) is 0 Å². The fourth-order valence-corrected chi connectivity index (χ4v) is 2.15. The van der Waals surface area contributed by atoms with Crippen molar-refractivity contribution in [3.63, 3.8) is 0 Å². The molecule has 0 aliphatic heterocycles. The summed E-state index contributed by atoms with van der Waals surface area (Å²) >= 11 is 0. The number of ether oxygens (including phenoxy) is 1. The molecule has 2 aromatic rings. The van der Waals surface area contributed by atoms with E-state index in [9.17, 15) is 0 Å². The summed E-state index contributed by atoms with van der Waals surface area (Å²) in [5.74, 6) is 1.63. The summed E-state index contributed by atoms with van der Waals surface area (Å²) in [6.07, 6.45) is 0. The predicted molar refractivity (Wildman–Crippen MR) is 77.6 cm³/mol. The Bertz CT molecular complexity index is 612. The van der Waals surface area contributed by atoms with Gasteiger partial charge in [-0.25, -0.2) is 0 Å². The molecule has 1 aromatic heterocycles. The van der Waals surface area contributed by atoms with Gasteiger partial charge in [-0.2, -0.15) is 0 Å². The van der Waals surface area contributed by atoms with Crippen LogP contribution < -0.4 is 10.5 Å². The van der Waals surface area contributed by atoms with Gasteiger partial charge in [0.1, 0.15) is 5.75 Å². The maximum absolute atomic E-state index is 5.60. The molecule has 2 N–H and O–H groups in total. The summed E-state index contributed by atoms with van der Waals surface area (Å²) in [6.45, 7) is 8.71. The molecule has 0 spiro atoms. The van der Waals surface area contributed by atoms with Crippen molar-refractivity contribution in [2.45, 2.75) is 39.7 Å². The topological polar surface area (TPSA) is 74.2 Å². The number of benzene rings is 1. The number of nitrogens with two attached hydrogens (primary N) is 1. The zero-order valence-corrected chi connectivity index (χ0v) is 12.7. The Labute approximate surface area is 119 Å². The average molecular weight is 275 g/mol. The van der Waals surface area contributed by atoms with Gasteiger partial charge in [0.25, 0.3) is 5.89 Å². The van der Waals surface area contributed by atoms with Gasteiger partial charge in [-0.05, 0) is 24.0 Å². The second-order valence-corrected chi connectivity index (χ2v) is 5.85. The molecule has 0 saturated heterocycles. The van der Waals surface area contributed by atoms with Crippen LogP contribution in [-0.4, -0.2) is 17.3 Å². The molecule has 0 bridgehead atoms. The van der Waals surface area contributed by atoms with Crippen LogP contribution >= 0.6 is 0 Å². The van der Waals surface area contributed by atoms with E-state index in [0.717, 1.165) is 22.4 Å². The van der Waals surface area contributed by atoms with E-state index in [1.165, 1.54) is 0 Å². The number of hydrogen-bond donors (Lipinski definition) is 1. The Morgan fingerprint density at radius 1 is 1.25 bits per heavy atom. The first-order valence-electron chi connectivity index (χ1n) is 6.58. The standard InChI is InChI=1S/C15H21N3O2/c1-9-6-10(14-18-17-12(8-16)20-14)13(19-5)11(7-9)15(2,3)4/h6-7H,8,16H2,1-5H3. The Kier molecular flexibility index (Phi) is 3.81. The lowest BCUT2D eigenvalue weighted by Gasteiger charge is -2.24. The van der Waals surface area contributed by atoms with Crippen LogP contribution in [0.2, 0.25) is 0 Å². The second-order valence-electron chi connectivity index (χ2n) is 5.85. The number of rotatable bonds is 3. The molecule has 1 aromatic carbocycles. The first-order valence-corrected chi connectivity index (χ1v) is 6.58. The molecular formula is C15H21N3O2. The molecular weight excluding hydrogens is 254 g/mol. The van der Waals surface area contributed by atoms with E-state index in [1.54, 1.807) is 7.11 Å². The highest BCUT2D eigenvalue weighted by molar-refractivity contribution is 5.67. The molecule has 0 unspecified atom stereocenters. The van der Waals surface area contributed by atoms with Gasteiger partial charge in [-0.1, -0.05) is 26.8 Å². The molecule has 5 nitrogen and oxygen atoms in total. The molecule has 0 atom stereocenters. The minimum absolute atomic E-state index is 0.0389. The molecule has 0 fully saturated rings. The third-order valence-corrected chi connectivity index (χ3v) is 3.12. The molecule has 0 radical (unpaired) electrons. The number of methoxy groups -OCH3 is 1. The zero-order chi connectivity index (χ0) is 14.9. The van der Waals surface area contributed by atoms with Crippen molar-refractivity contribution < 1.29 is 9.15 Å². The van der Waals surface area contributed by atoms with Crippen LogP contribution in [0, 0.1) is 6.92 Å². The normalized spacial score (nSPS) is 11.7. The number of aryl methyl sites for hydroxylation is 1. The van der Waals surface area contributed by atoms with Crippen molar-refractivity contribution in [1.82, 2.24) is 10.2 Å². The molecule has 108 valence electrons. The smallest absolute Gasteiger partial charge is 0.251 e. The Balaban J connectivity index is 2.66. The van der Waals surface area contributed by atoms with Gasteiger partial charge in [0, 0.05) is 5.56 Å². The Morgan fingerprint density at radius 2 is 1.95 bits per heavy atom. The van der Waals surface area contributed by atoms with E-state index >= 15 is 0 Å². The van der Waals surface area contributed by atoms with Crippen molar-refractivity contribution in [2.75, 3.05) is 7.11 Å². The van der Waals surface area contributed by atoms with Gasteiger partial charge >= 0.3 is 0 Å². The summed E-state index contributed by atoms with van der Waals surface area (Å²) in [7, 11) is 1.66. The maximum Gasteiger partial charge on any atom is 0.251 e. The summed E-state index contributed by atoms with van der Waals surface area (Å²) in [5, 5.41) is 7.96. The molecule has 1 heterocycles. The van der Waals surface area contributed by atoms with Crippen molar-refractivity contribution in [3.05, 3.63) is 29.2 Å². The summed E-state index contributed by atoms with van der Waals surface area (Å²) in [4.78, 5) is 0. The molecule has 2 rings (SSSR count). The molecule has 20 heavy (non-hydrogen) atoms. The van der Waals surface area contributed by atoms with E-state index < -0.39 is 0 Å². The SMILES string of the molecule is COc1c(-c2nnc(CN)o2)cc(C)cc1C(C)(C)C. The number of hydrogen-bond acceptors (Lipinski definition) is 5. The van der Waals surface area contributed by atoms with Crippen molar-refractivity contribution in [3.8, 4) is 17.2 Å². The summed E-state index contributed by atoms with van der Waals surface area (Å²) < 4.78 is 11.2. The number of nitrogens with zero attached hydrogens (tertiary/aromatic N) is 2. The fourth-order valence-electron chi connectivity index (χ4n) is 2.15.